The molecule has 0 amide bonds. The van der Waals surface area contributed by atoms with E-state index >= 15 is 0 Å². The molecule has 0 aliphatic carbocycles. The molecule has 2 rings (SSSR count). The number of nitrogens with one attached hydrogen (secondary N) is 1. The smallest absolute Gasteiger partial charge is 0.169 e. The van der Waals surface area contributed by atoms with Crippen molar-refractivity contribution in [2.24, 2.45) is 0 Å². The number of benzene rings is 1. The maximum absolute atomic E-state index is 14.0. The summed E-state index contributed by atoms with van der Waals surface area (Å²) < 4.78 is 14.0. The molecule has 19 heavy (non-hydrogen) atoms. The van der Waals surface area contributed by atoms with Crippen molar-refractivity contribution in [2.75, 3.05) is 16.8 Å². The van der Waals surface area contributed by atoms with E-state index in [0.717, 1.165) is 6.42 Å². The van der Waals surface area contributed by atoms with E-state index < -0.39 is 5.82 Å². The van der Waals surface area contributed by atoms with Gasteiger partial charge in [0.1, 0.15) is 5.02 Å². The molecule has 0 bridgehead atoms. The molecule has 3 nitrogen and oxygen atoms in total. The van der Waals surface area contributed by atoms with Gasteiger partial charge in [0.05, 0.1) is 17.1 Å². The lowest BCUT2D eigenvalue weighted by molar-refractivity contribution is 0.627. The molecule has 0 saturated carbocycles. The lowest BCUT2D eigenvalue weighted by Gasteiger charge is -2.18. The lowest BCUT2D eigenvalue weighted by Crippen LogP contribution is -2.20. The number of nitrogen functional groups attached to an aromatic ring is 2. The first-order chi connectivity index (χ1) is 8.99. The topological polar surface area (TPSA) is 64.1 Å². The third-order valence-electron chi connectivity index (χ3n) is 2.78. The van der Waals surface area contributed by atoms with E-state index in [1.54, 1.807) is 11.3 Å². The summed E-state index contributed by atoms with van der Waals surface area (Å²) in [6, 6.07) is 3.54. The normalized spacial score (nSPS) is 12.4. The standard InChI is InChI=1S/C13H15ClFN3S/c1-7(4-8-2-3-19-6-8)18-13-10(17)5-9(16)11(14)12(13)15/h2-3,5-7,18H,4,16-17H2,1H3. The molecule has 0 saturated heterocycles. The van der Waals surface area contributed by atoms with Crippen LogP contribution in [0.1, 0.15) is 12.5 Å². The van der Waals surface area contributed by atoms with Crippen LogP contribution >= 0.6 is 22.9 Å². The summed E-state index contributed by atoms with van der Waals surface area (Å²) in [6.45, 7) is 1.96. The third kappa shape index (κ3) is 3.11. The van der Waals surface area contributed by atoms with Gasteiger partial charge >= 0.3 is 0 Å². The molecule has 2 aromatic rings. The maximum atomic E-state index is 14.0. The lowest BCUT2D eigenvalue weighted by atomic mass is 10.1. The fourth-order valence-corrected chi connectivity index (χ4v) is 2.70. The summed E-state index contributed by atoms with van der Waals surface area (Å²) in [5, 5.41) is 7.03. The van der Waals surface area contributed by atoms with E-state index in [4.69, 9.17) is 23.1 Å². The Kier molecular flexibility index (Phi) is 4.17. The summed E-state index contributed by atoms with van der Waals surface area (Å²) in [5.41, 5.74) is 13.1. The van der Waals surface area contributed by atoms with Crippen LogP contribution in [-0.4, -0.2) is 6.04 Å². The van der Waals surface area contributed by atoms with Crippen LogP contribution in [0.15, 0.2) is 22.9 Å². The summed E-state index contributed by atoms with van der Waals surface area (Å²) in [7, 11) is 0. The number of halogens is 2. The SMILES string of the molecule is CC(Cc1ccsc1)Nc1c(N)cc(N)c(Cl)c1F. The van der Waals surface area contributed by atoms with E-state index in [0.29, 0.717) is 0 Å². The fourth-order valence-electron chi connectivity index (χ4n) is 1.87. The summed E-state index contributed by atoms with van der Waals surface area (Å²) >= 11 is 7.42. The van der Waals surface area contributed by atoms with Crippen molar-refractivity contribution in [3.63, 3.8) is 0 Å². The molecule has 5 N–H and O–H groups in total. The molecule has 1 aromatic heterocycles. The second-order valence-corrected chi connectivity index (χ2v) is 5.60. The maximum Gasteiger partial charge on any atom is 0.169 e. The zero-order chi connectivity index (χ0) is 14.0. The number of rotatable bonds is 4. The Bertz CT molecular complexity index is 572. The van der Waals surface area contributed by atoms with Gasteiger partial charge in [-0.25, -0.2) is 4.39 Å². The van der Waals surface area contributed by atoms with Gasteiger partial charge in [-0.05, 0) is 41.8 Å². The van der Waals surface area contributed by atoms with E-state index in [1.807, 2.05) is 18.4 Å². The fraction of sp³-hybridized carbons (Fsp3) is 0.231. The Morgan fingerprint density at radius 3 is 2.79 bits per heavy atom. The van der Waals surface area contributed by atoms with Crippen molar-refractivity contribution in [1.29, 1.82) is 0 Å². The Hall–Kier alpha value is -1.46. The zero-order valence-corrected chi connectivity index (χ0v) is 12.0. The summed E-state index contributed by atoms with van der Waals surface area (Å²) in [4.78, 5) is 0. The second kappa shape index (κ2) is 5.67. The first-order valence-corrected chi connectivity index (χ1v) is 7.11. The number of thiophene rings is 1. The Labute approximate surface area is 120 Å². The van der Waals surface area contributed by atoms with Crippen molar-refractivity contribution < 1.29 is 4.39 Å². The minimum Gasteiger partial charge on any atom is -0.397 e. The Balaban J connectivity index is 2.17. The molecule has 102 valence electrons. The van der Waals surface area contributed by atoms with Gasteiger partial charge in [0, 0.05) is 6.04 Å². The second-order valence-electron chi connectivity index (χ2n) is 4.44. The molecule has 0 aliphatic heterocycles. The quantitative estimate of drug-likeness (QED) is 0.753. The van der Waals surface area contributed by atoms with Gasteiger partial charge in [-0.2, -0.15) is 11.3 Å². The highest BCUT2D eigenvalue weighted by atomic mass is 35.5. The largest absolute Gasteiger partial charge is 0.397 e. The van der Waals surface area contributed by atoms with Gasteiger partial charge in [-0.15, -0.1) is 0 Å². The minimum atomic E-state index is -0.601. The highest BCUT2D eigenvalue weighted by Crippen LogP contribution is 2.34. The highest BCUT2D eigenvalue weighted by molar-refractivity contribution is 7.07. The number of hydrogen-bond donors (Lipinski definition) is 3. The predicted molar refractivity (Wildman–Crippen MR) is 81.3 cm³/mol. The predicted octanol–water partition coefficient (Wildman–Crippen LogP) is 3.75. The third-order valence-corrected chi connectivity index (χ3v) is 3.89. The monoisotopic (exact) mass is 299 g/mol. The molecule has 1 aromatic carbocycles. The van der Waals surface area contributed by atoms with Crippen LogP contribution in [0.3, 0.4) is 0 Å². The summed E-state index contributed by atoms with van der Waals surface area (Å²) in [5.74, 6) is -0.601. The molecular formula is C13H15ClFN3S. The van der Waals surface area contributed by atoms with Gasteiger partial charge in [0.2, 0.25) is 0 Å². The molecular weight excluding hydrogens is 285 g/mol. The van der Waals surface area contributed by atoms with Crippen molar-refractivity contribution in [2.45, 2.75) is 19.4 Å². The number of hydrogen-bond acceptors (Lipinski definition) is 4. The molecule has 6 heteroatoms. The average Bonchev–Trinajstić information content (AvgIpc) is 2.85. The summed E-state index contributed by atoms with van der Waals surface area (Å²) in [6.07, 6.45) is 0.782. The van der Waals surface area contributed by atoms with Crippen molar-refractivity contribution in [3.8, 4) is 0 Å². The van der Waals surface area contributed by atoms with Crippen molar-refractivity contribution in [3.05, 3.63) is 39.3 Å². The van der Waals surface area contributed by atoms with Gasteiger partial charge in [0.15, 0.2) is 5.82 Å². The van der Waals surface area contributed by atoms with E-state index in [2.05, 4.69) is 10.7 Å². The first kappa shape index (κ1) is 14.0. The molecule has 0 spiro atoms. The van der Waals surface area contributed by atoms with Crippen LogP contribution in [0.5, 0.6) is 0 Å². The van der Waals surface area contributed by atoms with Crippen molar-refractivity contribution >= 4 is 40.0 Å². The first-order valence-electron chi connectivity index (χ1n) is 5.79. The molecule has 0 aliphatic rings. The molecule has 1 unspecified atom stereocenters. The van der Waals surface area contributed by atoms with E-state index in [-0.39, 0.29) is 28.1 Å². The average molecular weight is 300 g/mol. The van der Waals surface area contributed by atoms with Crippen LogP contribution in [0, 0.1) is 5.82 Å². The van der Waals surface area contributed by atoms with Gasteiger partial charge in [0.25, 0.3) is 0 Å². The van der Waals surface area contributed by atoms with Gasteiger partial charge < -0.3 is 16.8 Å². The Morgan fingerprint density at radius 1 is 1.42 bits per heavy atom. The van der Waals surface area contributed by atoms with Crippen LogP contribution < -0.4 is 16.8 Å². The molecule has 0 fully saturated rings. The number of anilines is 3. The zero-order valence-electron chi connectivity index (χ0n) is 10.4. The minimum absolute atomic E-state index is 0.0334. The highest BCUT2D eigenvalue weighted by Gasteiger charge is 2.16. The Morgan fingerprint density at radius 2 is 2.16 bits per heavy atom. The molecule has 1 heterocycles. The molecule has 1 atom stereocenters. The van der Waals surface area contributed by atoms with Gasteiger partial charge in [-0.3, -0.25) is 0 Å². The molecule has 0 radical (unpaired) electrons. The van der Waals surface area contributed by atoms with Crippen LogP contribution in [0.2, 0.25) is 5.02 Å². The van der Waals surface area contributed by atoms with Gasteiger partial charge in [-0.1, -0.05) is 11.6 Å². The van der Waals surface area contributed by atoms with Crippen LogP contribution in [0.4, 0.5) is 21.5 Å². The van der Waals surface area contributed by atoms with Crippen molar-refractivity contribution in [1.82, 2.24) is 0 Å². The van der Waals surface area contributed by atoms with Crippen LogP contribution in [-0.2, 0) is 6.42 Å². The van der Waals surface area contributed by atoms with E-state index in [9.17, 15) is 4.39 Å². The van der Waals surface area contributed by atoms with Crippen LogP contribution in [0.25, 0.3) is 0 Å². The van der Waals surface area contributed by atoms with E-state index in [1.165, 1.54) is 11.6 Å². The number of nitrogens with two attached hydrogens (primary N) is 2.